The second kappa shape index (κ2) is 9.11. The Hall–Kier alpha value is -2.84. The van der Waals surface area contributed by atoms with Crippen molar-refractivity contribution in [3.8, 4) is 5.75 Å². The number of rotatable bonds is 7. The van der Waals surface area contributed by atoms with E-state index in [-0.39, 0.29) is 16.7 Å². The molecule has 0 saturated carbocycles. The molecule has 0 aliphatic carbocycles. The molecule has 0 spiro atoms. The van der Waals surface area contributed by atoms with E-state index >= 15 is 0 Å². The fraction of sp³-hybridized carbons (Fsp3) is 0.348. The number of furan rings is 1. The van der Waals surface area contributed by atoms with E-state index in [1.807, 2.05) is 31.2 Å². The predicted molar refractivity (Wildman–Crippen MR) is 118 cm³/mol. The Bertz CT molecular complexity index is 1130. The predicted octanol–water partition coefficient (Wildman–Crippen LogP) is 3.66. The van der Waals surface area contributed by atoms with Gasteiger partial charge in [0.25, 0.3) is 5.91 Å². The number of fused-ring (bicyclic) bond motifs is 1. The number of ether oxygens (including phenoxy) is 1. The largest absolute Gasteiger partial charge is 0.492 e. The van der Waals surface area contributed by atoms with Crippen LogP contribution in [0.5, 0.6) is 5.75 Å². The first-order chi connectivity index (χ1) is 15.0. The van der Waals surface area contributed by atoms with E-state index in [2.05, 4.69) is 4.72 Å². The van der Waals surface area contributed by atoms with Gasteiger partial charge in [-0.2, -0.15) is 0 Å². The number of benzene rings is 2. The molecular weight excluding hydrogens is 416 g/mol. The van der Waals surface area contributed by atoms with Crippen molar-refractivity contribution in [1.29, 1.82) is 0 Å². The van der Waals surface area contributed by atoms with Gasteiger partial charge in [-0.25, -0.2) is 13.1 Å². The summed E-state index contributed by atoms with van der Waals surface area (Å²) in [7, 11) is -3.67. The lowest BCUT2D eigenvalue weighted by Gasteiger charge is -2.31. The Kier molecular flexibility index (Phi) is 6.29. The molecular formula is C23H26N2O5S. The molecule has 31 heavy (non-hydrogen) atoms. The number of amides is 1. The maximum atomic E-state index is 12.8. The molecule has 1 aliphatic heterocycles. The van der Waals surface area contributed by atoms with Gasteiger partial charge >= 0.3 is 0 Å². The Balaban J connectivity index is 1.33. The Morgan fingerprint density at radius 3 is 2.58 bits per heavy atom. The minimum atomic E-state index is -3.67. The first-order valence-corrected chi connectivity index (χ1v) is 12.0. The van der Waals surface area contributed by atoms with Crippen molar-refractivity contribution in [2.75, 3.05) is 26.2 Å². The van der Waals surface area contributed by atoms with Gasteiger partial charge in [-0.3, -0.25) is 4.79 Å². The summed E-state index contributed by atoms with van der Waals surface area (Å²) in [6.07, 6.45) is 1.45. The zero-order valence-corrected chi connectivity index (χ0v) is 18.2. The number of nitrogens with zero attached hydrogens (tertiary/aromatic N) is 1. The van der Waals surface area contributed by atoms with Crippen molar-refractivity contribution < 1.29 is 22.4 Å². The SMILES string of the molecule is CCOc1ccccc1S(=O)(=O)NCC1CCN(C(=O)c2cc3ccccc3o2)CC1. The highest BCUT2D eigenvalue weighted by Crippen LogP contribution is 2.25. The van der Waals surface area contributed by atoms with Crippen LogP contribution >= 0.6 is 0 Å². The van der Waals surface area contributed by atoms with Gasteiger partial charge in [0, 0.05) is 25.0 Å². The van der Waals surface area contributed by atoms with Crippen LogP contribution in [0.15, 0.2) is 63.9 Å². The Labute approximate surface area is 182 Å². The third-order valence-electron chi connectivity index (χ3n) is 5.54. The molecule has 1 amide bonds. The van der Waals surface area contributed by atoms with Gasteiger partial charge in [0.2, 0.25) is 10.0 Å². The van der Waals surface area contributed by atoms with E-state index in [4.69, 9.17) is 9.15 Å². The highest BCUT2D eigenvalue weighted by atomic mass is 32.2. The van der Waals surface area contributed by atoms with Crippen LogP contribution in [0.1, 0.15) is 30.3 Å². The average molecular weight is 443 g/mol. The van der Waals surface area contributed by atoms with E-state index in [0.717, 1.165) is 18.2 Å². The summed E-state index contributed by atoms with van der Waals surface area (Å²) in [5.74, 6) is 0.728. The summed E-state index contributed by atoms with van der Waals surface area (Å²) >= 11 is 0. The number of carbonyl (C=O) groups is 1. The molecule has 7 nitrogen and oxygen atoms in total. The van der Waals surface area contributed by atoms with E-state index in [9.17, 15) is 13.2 Å². The Morgan fingerprint density at radius 1 is 1.13 bits per heavy atom. The van der Waals surface area contributed by atoms with Crippen LogP contribution in [0.2, 0.25) is 0 Å². The third kappa shape index (κ3) is 4.75. The second-order valence-corrected chi connectivity index (χ2v) is 9.35. The molecule has 1 saturated heterocycles. The van der Waals surface area contributed by atoms with Gasteiger partial charge in [-0.15, -0.1) is 0 Å². The molecule has 1 N–H and O–H groups in total. The van der Waals surface area contributed by atoms with Crippen LogP contribution in [0.3, 0.4) is 0 Å². The van der Waals surface area contributed by atoms with Gasteiger partial charge in [-0.1, -0.05) is 30.3 Å². The maximum absolute atomic E-state index is 12.8. The van der Waals surface area contributed by atoms with Crippen LogP contribution < -0.4 is 9.46 Å². The summed E-state index contributed by atoms with van der Waals surface area (Å²) in [4.78, 5) is 14.7. The van der Waals surface area contributed by atoms with Crippen molar-refractivity contribution in [2.24, 2.45) is 5.92 Å². The lowest BCUT2D eigenvalue weighted by Crippen LogP contribution is -2.41. The number of piperidine rings is 1. The standard InChI is InChI=1S/C23H26N2O5S/c1-2-29-20-9-5-6-10-22(20)31(27,28)24-16-17-11-13-25(14-12-17)23(26)21-15-18-7-3-4-8-19(18)30-21/h3-10,15,17,24H,2,11-14,16H2,1H3. The van der Waals surface area contributed by atoms with E-state index in [0.29, 0.717) is 43.3 Å². The summed E-state index contributed by atoms with van der Waals surface area (Å²) in [5.41, 5.74) is 0.697. The molecule has 2 heterocycles. The number of carbonyl (C=O) groups excluding carboxylic acids is 1. The van der Waals surface area contributed by atoms with Gasteiger partial charge in [-0.05, 0) is 49.9 Å². The molecule has 164 valence electrons. The molecule has 0 atom stereocenters. The fourth-order valence-corrected chi connectivity index (χ4v) is 5.10. The normalized spacial score (nSPS) is 15.3. The summed E-state index contributed by atoms with van der Waals surface area (Å²) in [6, 6.07) is 15.9. The molecule has 0 radical (unpaired) electrons. The van der Waals surface area contributed by atoms with Crippen LogP contribution in [0, 0.1) is 5.92 Å². The maximum Gasteiger partial charge on any atom is 0.289 e. The highest BCUT2D eigenvalue weighted by Gasteiger charge is 2.27. The van der Waals surface area contributed by atoms with Crippen molar-refractivity contribution in [1.82, 2.24) is 9.62 Å². The fourth-order valence-electron chi connectivity index (χ4n) is 3.84. The van der Waals surface area contributed by atoms with Crippen molar-refractivity contribution in [3.63, 3.8) is 0 Å². The lowest BCUT2D eigenvalue weighted by molar-refractivity contribution is 0.0662. The molecule has 1 aromatic heterocycles. The van der Waals surface area contributed by atoms with Crippen LogP contribution in [-0.2, 0) is 10.0 Å². The van der Waals surface area contributed by atoms with Gasteiger partial charge in [0.1, 0.15) is 16.2 Å². The van der Waals surface area contributed by atoms with Crippen LogP contribution in [-0.4, -0.2) is 45.5 Å². The number of hydrogen-bond donors (Lipinski definition) is 1. The van der Waals surface area contributed by atoms with Crippen LogP contribution in [0.25, 0.3) is 11.0 Å². The van der Waals surface area contributed by atoms with Crippen LogP contribution in [0.4, 0.5) is 0 Å². The molecule has 2 aromatic carbocycles. The van der Waals surface area contributed by atoms with Crippen molar-refractivity contribution in [2.45, 2.75) is 24.7 Å². The van der Waals surface area contributed by atoms with Gasteiger partial charge < -0.3 is 14.1 Å². The summed E-state index contributed by atoms with van der Waals surface area (Å²) in [5, 5.41) is 0.905. The lowest BCUT2D eigenvalue weighted by atomic mass is 9.97. The second-order valence-electron chi connectivity index (χ2n) is 7.62. The van der Waals surface area contributed by atoms with Crippen molar-refractivity contribution in [3.05, 3.63) is 60.4 Å². The molecule has 0 bridgehead atoms. The minimum absolute atomic E-state index is 0.124. The quantitative estimate of drug-likeness (QED) is 0.603. The van der Waals surface area contributed by atoms with Gasteiger partial charge in [0.05, 0.1) is 6.61 Å². The molecule has 3 aromatic rings. The zero-order chi connectivity index (χ0) is 21.8. The van der Waals surface area contributed by atoms with E-state index in [1.54, 1.807) is 35.2 Å². The topological polar surface area (TPSA) is 88.9 Å². The minimum Gasteiger partial charge on any atom is -0.492 e. The molecule has 8 heteroatoms. The van der Waals surface area contributed by atoms with Gasteiger partial charge in [0.15, 0.2) is 5.76 Å². The third-order valence-corrected chi connectivity index (χ3v) is 7.00. The van der Waals surface area contributed by atoms with E-state index < -0.39 is 10.0 Å². The first kappa shape index (κ1) is 21.4. The van der Waals surface area contributed by atoms with E-state index in [1.165, 1.54) is 0 Å². The number of nitrogens with one attached hydrogen (secondary N) is 1. The molecule has 1 aliphatic rings. The summed E-state index contributed by atoms with van der Waals surface area (Å²) in [6.45, 7) is 3.67. The first-order valence-electron chi connectivity index (χ1n) is 10.5. The number of likely N-dealkylation sites (tertiary alicyclic amines) is 1. The van der Waals surface area contributed by atoms with Crippen molar-refractivity contribution >= 4 is 26.9 Å². The monoisotopic (exact) mass is 442 g/mol. The molecule has 4 rings (SSSR count). The Morgan fingerprint density at radius 2 is 1.84 bits per heavy atom. The number of para-hydroxylation sites is 2. The highest BCUT2D eigenvalue weighted by molar-refractivity contribution is 7.89. The molecule has 0 unspecified atom stereocenters. The zero-order valence-electron chi connectivity index (χ0n) is 17.4. The number of sulfonamides is 1. The molecule has 1 fully saturated rings. The summed E-state index contributed by atoms with van der Waals surface area (Å²) < 4.78 is 39.3. The smallest absolute Gasteiger partial charge is 0.289 e. The number of hydrogen-bond acceptors (Lipinski definition) is 5. The average Bonchev–Trinajstić information content (AvgIpc) is 3.22.